The number of ether oxygens (including phenoxy) is 1. The monoisotopic (exact) mass is 498 g/mol. The Balaban J connectivity index is 2.04. The van der Waals surface area contributed by atoms with Crippen LogP contribution in [0.4, 0.5) is 0 Å². The Morgan fingerprint density at radius 2 is 1.77 bits per heavy atom. The lowest BCUT2D eigenvalue weighted by molar-refractivity contribution is -0.140. The summed E-state index contributed by atoms with van der Waals surface area (Å²) in [5, 5.41) is 11.9. The van der Waals surface area contributed by atoms with Gasteiger partial charge in [0.15, 0.2) is 0 Å². The number of carbonyl (C=O) groups is 2. The van der Waals surface area contributed by atoms with Gasteiger partial charge in [0.2, 0.25) is 0 Å². The molecule has 0 aromatic heterocycles. The van der Waals surface area contributed by atoms with Gasteiger partial charge >= 0.3 is 0 Å². The predicted octanol–water partition coefficient (Wildman–Crippen LogP) is 5.45. The van der Waals surface area contributed by atoms with Crippen LogP contribution >= 0.6 is 11.6 Å². The van der Waals surface area contributed by atoms with Crippen LogP contribution in [0.15, 0.2) is 48.0 Å². The highest BCUT2D eigenvalue weighted by Crippen LogP contribution is 2.40. The summed E-state index contributed by atoms with van der Waals surface area (Å²) in [7, 11) is 0. The Hall–Kier alpha value is -2.83. The number of amides is 1. The summed E-state index contributed by atoms with van der Waals surface area (Å²) >= 11 is 6.10. The first-order valence-corrected chi connectivity index (χ1v) is 12.6. The molecule has 0 spiro atoms. The molecule has 1 aliphatic heterocycles. The summed E-state index contributed by atoms with van der Waals surface area (Å²) in [6.45, 7) is 13.4. The maximum absolute atomic E-state index is 13.2. The minimum atomic E-state index is -0.694. The third kappa shape index (κ3) is 6.06. The number of benzene rings is 2. The number of aliphatic hydroxyl groups excluding tert-OH is 1. The second kappa shape index (κ2) is 11.7. The first-order valence-electron chi connectivity index (χ1n) is 12.2. The fourth-order valence-electron chi connectivity index (χ4n) is 4.26. The standard InChI is InChI=1S/C28H35ClN2O4/c1-6-30(7-2)14-15-31-25(20-8-11-22(29)12-9-20)24(27(33)28(31)34)26(32)21-10-13-23(19(5)16-21)35-17-18(3)4/h8-13,16,18,25,32H,6-7,14-15,17H2,1-5H3/b26-24-. The maximum atomic E-state index is 13.2. The van der Waals surface area contributed by atoms with Gasteiger partial charge in [-0.05, 0) is 67.4 Å². The molecule has 1 N–H and O–H groups in total. The van der Waals surface area contributed by atoms with E-state index in [1.165, 1.54) is 0 Å². The van der Waals surface area contributed by atoms with Crippen molar-refractivity contribution in [2.75, 3.05) is 32.8 Å². The van der Waals surface area contributed by atoms with Gasteiger partial charge in [-0.1, -0.05) is 51.4 Å². The van der Waals surface area contributed by atoms with E-state index in [1.54, 1.807) is 47.4 Å². The number of aryl methyl sites for hydroxylation is 1. The summed E-state index contributed by atoms with van der Waals surface area (Å²) in [5.41, 5.74) is 2.13. The number of likely N-dealkylation sites (N-methyl/N-ethyl adjacent to an activating group) is 1. The van der Waals surface area contributed by atoms with Gasteiger partial charge in [-0.3, -0.25) is 9.59 Å². The van der Waals surface area contributed by atoms with Crippen LogP contribution in [0, 0.1) is 12.8 Å². The summed E-state index contributed by atoms with van der Waals surface area (Å²) < 4.78 is 5.85. The minimum absolute atomic E-state index is 0.0899. The number of halogens is 1. The van der Waals surface area contributed by atoms with E-state index in [9.17, 15) is 14.7 Å². The molecule has 0 aliphatic carbocycles. The van der Waals surface area contributed by atoms with Crippen LogP contribution in [-0.4, -0.2) is 59.4 Å². The Labute approximate surface area is 213 Å². The fourth-order valence-corrected chi connectivity index (χ4v) is 4.39. The van der Waals surface area contributed by atoms with Gasteiger partial charge in [-0.25, -0.2) is 0 Å². The smallest absolute Gasteiger partial charge is 0.295 e. The molecule has 0 radical (unpaired) electrons. The lowest BCUT2D eigenvalue weighted by atomic mass is 9.95. The topological polar surface area (TPSA) is 70.1 Å². The number of nitrogens with zero attached hydrogens (tertiary/aromatic N) is 2. The lowest BCUT2D eigenvalue weighted by Crippen LogP contribution is -2.38. The maximum Gasteiger partial charge on any atom is 0.295 e. The zero-order chi connectivity index (χ0) is 25.7. The highest BCUT2D eigenvalue weighted by molar-refractivity contribution is 6.46. The van der Waals surface area contributed by atoms with Gasteiger partial charge in [0.05, 0.1) is 18.2 Å². The summed E-state index contributed by atoms with van der Waals surface area (Å²) in [6.07, 6.45) is 0. The third-order valence-electron chi connectivity index (χ3n) is 6.30. The minimum Gasteiger partial charge on any atom is -0.507 e. The van der Waals surface area contributed by atoms with Crippen molar-refractivity contribution in [3.8, 4) is 5.75 Å². The number of rotatable bonds is 10. The first-order chi connectivity index (χ1) is 16.7. The average molecular weight is 499 g/mol. The van der Waals surface area contributed by atoms with Crippen molar-refractivity contribution in [2.45, 2.75) is 40.7 Å². The van der Waals surface area contributed by atoms with E-state index in [2.05, 4.69) is 32.6 Å². The van der Waals surface area contributed by atoms with Gasteiger partial charge < -0.3 is 19.6 Å². The normalized spacial score (nSPS) is 17.6. The molecule has 1 unspecified atom stereocenters. The van der Waals surface area contributed by atoms with Crippen LogP contribution in [0.5, 0.6) is 5.75 Å². The highest BCUT2D eigenvalue weighted by atomic mass is 35.5. The van der Waals surface area contributed by atoms with Crippen LogP contribution in [-0.2, 0) is 9.59 Å². The molecule has 1 aliphatic rings. The third-order valence-corrected chi connectivity index (χ3v) is 6.55. The number of Topliss-reactive ketones (excluding diaryl/α,β-unsaturated/α-hetero) is 1. The molecule has 0 saturated carbocycles. The van der Waals surface area contributed by atoms with E-state index in [0.29, 0.717) is 36.2 Å². The quantitative estimate of drug-likeness (QED) is 0.268. The van der Waals surface area contributed by atoms with Crippen LogP contribution < -0.4 is 4.74 Å². The summed E-state index contributed by atoms with van der Waals surface area (Å²) in [6, 6.07) is 11.7. The van der Waals surface area contributed by atoms with Crippen molar-refractivity contribution in [3.63, 3.8) is 0 Å². The van der Waals surface area contributed by atoms with Crippen molar-refractivity contribution in [1.29, 1.82) is 0 Å². The summed E-state index contributed by atoms with van der Waals surface area (Å²) in [4.78, 5) is 30.1. The molecule has 3 rings (SSSR count). The number of hydrogen-bond acceptors (Lipinski definition) is 5. The molecule has 1 atom stereocenters. The molecule has 2 aromatic rings. The molecule has 188 valence electrons. The van der Waals surface area contributed by atoms with Crippen LogP contribution in [0.25, 0.3) is 5.76 Å². The van der Waals surface area contributed by atoms with Gasteiger partial charge in [0.25, 0.3) is 11.7 Å². The van der Waals surface area contributed by atoms with Gasteiger partial charge in [-0.15, -0.1) is 0 Å². The van der Waals surface area contributed by atoms with E-state index in [-0.39, 0.29) is 11.3 Å². The molecular weight excluding hydrogens is 464 g/mol. The molecule has 1 fully saturated rings. The zero-order valence-electron chi connectivity index (χ0n) is 21.2. The number of carbonyl (C=O) groups excluding carboxylic acids is 2. The molecule has 1 saturated heterocycles. The Kier molecular flexibility index (Phi) is 8.98. The molecule has 7 heteroatoms. The molecule has 2 aromatic carbocycles. The Morgan fingerprint density at radius 3 is 2.34 bits per heavy atom. The van der Waals surface area contributed by atoms with E-state index >= 15 is 0 Å². The van der Waals surface area contributed by atoms with E-state index in [0.717, 1.165) is 30.0 Å². The second-order valence-electron chi connectivity index (χ2n) is 9.26. The Morgan fingerprint density at radius 1 is 1.11 bits per heavy atom. The molecule has 35 heavy (non-hydrogen) atoms. The molecule has 1 amide bonds. The van der Waals surface area contributed by atoms with Crippen molar-refractivity contribution >= 4 is 29.1 Å². The van der Waals surface area contributed by atoms with Gasteiger partial charge in [0.1, 0.15) is 11.5 Å². The first kappa shape index (κ1) is 26.8. The molecular formula is C28H35ClN2O4. The van der Waals surface area contributed by atoms with Gasteiger partial charge in [0, 0.05) is 23.7 Å². The predicted molar refractivity (Wildman–Crippen MR) is 140 cm³/mol. The molecule has 6 nitrogen and oxygen atoms in total. The second-order valence-corrected chi connectivity index (χ2v) is 9.69. The number of ketones is 1. The highest BCUT2D eigenvalue weighted by Gasteiger charge is 2.46. The van der Waals surface area contributed by atoms with Gasteiger partial charge in [-0.2, -0.15) is 0 Å². The lowest BCUT2D eigenvalue weighted by Gasteiger charge is -2.28. The van der Waals surface area contributed by atoms with E-state index < -0.39 is 17.7 Å². The zero-order valence-corrected chi connectivity index (χ0v) is 21.9. The average Bonchev–Trinajstić information content (AvgIpc) is 3.08. The van der Waals surface area contributed by atoms with Crippen molar-refractivity contribution < 1.29 is 19.4 Å². The molecule has 1 heterocycles. The van der Waals surface area contributed by atoms with Crippen LogP contribution in [0.3, 0.4) is 0 Å². The number of likely N-dealkylation sites (tertiary alicyclic amines) is 1. The van der Waals surface area contributed by atoms with Crippen LogP contribution in [0.2, 0.25) is 5.02 Å². The van der Waals surface area contributed by atoms with Crippen LogP contribution in [0.1, 0.15) is 50.4 Å². The van der Waals surface area contributed by atoms with E-state index in [1.807, 2.05) is 6.92 Å². The Bertz CT molecular complexity index is 1090. The van der Waals surface area contributed by atoms with Crippen molar-refractivity contribution in [2.24, 2.45) is 5.92 Å². The van der Waals surface area contributed by atoms with Crippen molar-refractivity contribution in [3.05, 3.63) is 69.8 Å². The van der Waals surface area contributed by atoms with E-state index in [4.69, 9.17) is 16.3 Å². The fraction of sp³-hybridized carbons (Fsp3) is 0.429. The molecule has 0 bridgehead atoms. The SMILES string of the molecule is CCN(CC)CCN1C(=O)C(=O)/C(=C(\O)c2ccc(OCC(C)C)c(C)c2)C1c1ccc(Cl)cc1. The number of hydrogen-bond donors (Lipinski definition) is 1. The van der Waals surface area contributed by atoms with Crippen molar-refractivity contribution in [1.82, 2.24) is 9.80 Å². The number of aliphatic hydroxyl groups is 1. The largest absolute Gasteiger partial charge is 0.507 e. The summed E-state index contributed by atoms with van der Waals surface area (Å²) in [5.74, 6) is -0.363.